The Morgan fingerprint density at radius 3 is 1.98 bits per heavy atom. The fraction of sp³-hybridized carbons (Fsp3) is 0.105. The van der Waals surface area contributed by atoms with Crippen molar-refractivity contribution in [1.29, 1.82) is 0 Å². The highest BCUT2D eigenvalue weighted by Gasteiger charge is 2.27. The summed E-state index contributed by atoms with van der Waals surface area (Å²) < 4.78 is 7.64. The number of carbonyl (C=O) groups excluding carboxylic acids is 1. The lowest BCUT2D eigenvalue weighted by atomic mass is 9.86. The fourth-order valence-corrected chi connectivity index (χ4v) is 6.76. The van der Waals surface area contributed by atoms with Crippen LogP contribution in [0.2, 0.25) is 0 Å². The largest absolute Gasteiger partial charge is 0.424 e. The molecule has 0 bridgehead atoms. The molecule has 7 aromatic rings. The molecule has 0 aliphatic rings. The Bertz CT molecular complexity index is 2610. The van der Waals surface area contributed by atoms with E-state index in [2.05, 4.69) is 4.57 Å². The first kappa shape index (κ1) is 32.5. The zero-order valence-electron chi connectivity index (χ0n) is 27.4. The van der Waals surface area contributed by atoms with Crippen LogP contribution in [0.5, 0.6) is 5.75 Å². The SMILES string of the molecule is CCn1c2ccc(-c3c(-c4ccccc4C)nc4c(OC(C)=O)cccc4c3-c3cc([N+](=O)[O-])cc([N+](=O)[O-])c3)cc2c2cc([N+](=O)[O-])ccc21. The molecule has 0 fully saturated rings. The van der Waals surface area contributed by atoms with Crippen LogP contribution in [0, 0.1) is 37.3 Å². The van der Waals surface area contributed by atoms with E-state index in [9.17, 15) is 35.1 Å². The standard InChI is InChI=1S/C38H27N5O8/c1-4-40-32-14-12-23(18-30(32)31-20-25(41(45)46)13-15-33(31)40)36-35(24-16-26(42(47)48)19-27(17-24)43(49)50)29-10-7-11-34(51-22(3)44)37(29)39-38(36)28-9-6-5-8-21(28)2/h5-20H,4H2,1-3H3. The van der Waals surface area contributed by atoms with Gasteiger partial charge in [-0.2, -0.15) is 0 Å². The van der Waals surface area contributed by atoms with E-state index in [0.717, 1.165) is 22.7 Å². The van der Waals surface area contributed by atoms with Crippen molar-refractivity contribution in [2.45, 2.75) is 27.3 Å². The zero-order chi connectivity index (χ0) is 36.1. The van der Waals surface area contributed by atoms with Crippen LogP contribution in [0.1, 0.15) is 19.4 Å². The molecule has 0 aliphatic carbocycles. The summed E-state index contributed by atoms with van der Waals surface area (Å²) in [5, 5.41) is 37.9. The lowest BCUT2D eigenvalue weighted by Gasteiger charge is -2.20. The summed E-state index contributed by atoms with van der Waals surface area (Å²) in [7, 11) is 0. The Hall–Kier alpha value is -7.02. The fourth-order valence-electron chi connectivity index (χ4n) is 6.76. The smallest absolute Gasteiger partial charge is 0.308 e. The van der Waals surface area contributed by atoms with E-state index >= 15 is 0 Å². The van der Waals surface area contributed by atoms with Gasteiger partial charge in [-0.15, -0.1) is 0 Å². The van der Waals surface area contributed by atoms with Crippen molar-refractivity contribution >= 4 is 55.7 Å². The number of nitro groups is 3. The van der Waals surface area contributed by atoms with E-state index in [1.165, 1.54) is 31.2 Å². The average Bonchev–Trinajstić information content (AvgIpc) is 3.43. The van der Waals surface area contributed by atoms with Crippen LogP contribution in [0.3, 0.4) is 0 Å². The Morgan fingerprint density at radius 1 is 0.706 bits per heavy atom. The number of non-ortho nitro benzene ring substituents is 3. The normalized spacial score (nSPS) is 11.3. The number of carbonyl (C=O) groups is 1. The van der Waals surface area contributed by atoms with Crippen LogP contribution in [0.25, 0.3) is 66.2 Å². The van der Waals surface area contributed by atoms with Gasteiger partial charge >= 0.3 is 5.97 Å². The van der Waals surface area contributed by atoms with E-state index in [0.29, 0.717) is 50.7 Å². The van der Waals surface area contributed by atoms with E-state index < -0.39 is 32.1 Å². The third-order valence-corrected chi connectivity index (χ3v) is 8.91. The Morgan fingerprint density at radius 2 is 1.35 bits per heavy atom. The molecule has 0 radical (unpaired) electrons. The number of rotatable bonds is 8. The quantitative estimate of drug-likeness (QED) is 0.0655. The van der Waals surface area contributed by atoms with Gasteiger partial charge in [0, 0.05) is 81.6 Å². The van der Waals surface area contributed by atoms with Crippen molar-refractivity contribution in [3.8, 4) is 39.3 Å². The molecular weight excluding hydrogens is 654 g/mol. The molecule has 252 valence electrons. The number of ether oxygens (including phenoxy) is 1. The molecule has 13 heteroatoms. The van der Waals surface area contributed by atoms with Gasteiger partial charge in [0.05, 0.1) is 26.5 Å². The topological polar surface area (TPSA) is 174 Å². The molecule has 0 N–H and O–H groups in total. The highest BCUT2D eigenvalue weighted by Crippen LogP contribution is 2.48. The maximum Gasteiger partial charge on any atom is 0.308 e. The van der Waals surface area contributed by atoms with Crippen LogP contribution >= 0.6 is 0 Å². The molecule has 51 heavy (non-hydrogen) atoms. The highest BCUT2D eigenvalue weighted by atomic mass is 16.6. The minimum Gasteiger partial charge on any atom is -0.424 e. The molecule has 2 aromatic heterocycles. The summed E-state index contributed by atoms with van der Waals surface area (Å²) in [5.74, 6) is -0.457. The number of pyridine rings is 1. The number of benzene rings is 5. The average molecular weight is 682 g/mol. The van der Waals surface area contributed by atoms with Gasteiger partial charge in [0.15, 0.2) is 5.75 Å². The summed E-state index contributed by atoms with van der Waals surface area (Å²) in [6.45, 7) is 5.72. The van der Waals surface area contributed by atoms with Crippen molar-refractivity contribution in [1.82, 2.24) is 9.55 Å². The van der Waals surface area contributed by atoms with Crippen molar-refractivity contribution in [2.24, 2.45) is 0 Å². The molecule has 0 atom stereocenters. The molecule has 0 unspecified atom stereocenters. The second-order valence-corrected chi connectivity index (χ2v) is 12.0. The Labute approximate surface area is 288 Å². The minimum atomic E-state index is -0.690. The van der Waals surface area contributed by atoms with Crippen LogP contribution in [-0.4, -0.2) is 30.3 Å². The van der Waals surface area contributed by atoms with Crippen LogP contribution in [-0.2, 0) is 11.3 Å². The maximum absolute atomic E-state index is 12.2. The number of esters is 1. The summed E-state index contributed by atoms with van der Waals surface area (Å²) in [6, 6.07) is 26.2. The van der Waals surface area contributed by atoms with Crippen molar-refractivity contribution in [3.63, 3.8) is 0 Å². The van der Waals surface area contributed by atoms with E-state index in [1.54, 1.807) is 24.3 Å². The van der Waals surface area contributed by atoms with Gasteiger partial charge in [0.2, 0.25) is 0 Å². The van der Waals surface area contributed by atoms with Gasteiger partial charge in [0.1, 0.15) is 5.52 Å². The van der Waals surface area contributed by atoms with Crippen LogP contribution < -0.4 is 4.74 Å². The molecule has 13 nitrogen and oxygen atoms in total. The van der Waals surface area contributed by atoms with E-state index in [-0.39, 0.29) is 22.5 Å². The number of fused-ring (bicyclic) bond motifs is 4. The second kappa shape index (κ2) is 12.5. The summed E-state index contributed by atoms with van der Waals surface area (Å²) in [4.78, 5) is 51.6. The molecule has 0 saturated carbocycles. The predicted octanol–water partition coefficient (Wildman–Crippen LogP) is 9.32. The number of para-hydroxylation sites is 1. The van der Waals surface area contributed by atoms with Gasteiger partial charge < -0.3 is 9.30 Å². The highest BCUT2D eigenvalue weighted by molar-refractivity contribution is 6.13. The molecule has 0 aliphatic heterocycles. The first-order chi connectivity index (χ1) is 24.5. The number of hydrogen-bond donors (Lipinski definition) is 0. The lowest BCUT2D eigenvalue weighted by Crippen LogP contribution is -2.04. The second-order valence-electron chi connectivity index (χ2n) is 12.0. The van der Waals surface area contributed by atoms with Crippen molar-refractivity contribution in [2.75, 3.05) is 0 Å². The maximum atomic E-state index is 12.2. The summed E-state index contributed by atoms with van der Waals surface area (Å²) in [6.07, 6.45) is 0. The van der Waals surface area contributed by atoms with Gasteiger partial charge in [-0.05, 0) is 54.8 Å². The first-order valence-corrected chi connectivity index (χ1v) is 15.8. The monoisotopic (exact) mass is 681 g/mol. The number of nitrogens with zero attached hydrogens (tertiary/aromatic N) is 5. The van der Waals surface area contributed by atoms with Gasteiger partial charge in [-0.1, -0.05) is 42.5 Å². The zero-order valence-corrected chi connectivity index (χ0v) is 27.4. The Kier molecular flexibility index (Phi) is 7.94. The van der Waals surface area contributed by atoms with Crippen LogP contribution in [0.4, 0.5) is 17.1 Å². The van der Waals surface area contributed by atoms with Gasteiger partial charge in [-0.25, -0.2) is 4.98 Å². The molecule has 0 spiro atoms. The Balaban J connectivity index is 1.70. The van der Waals surface area contributed by atoms with Crippen molar-refractivity contribution in [3.05, 3.63) is 133 Å². The first-order valence-electron chi connectivity index (χ1n) is 15.8. The van der Waals surface area contributed by atoms with Crippen molar-refractivity contribution < 1.29 is 24.3 Å². The summed E-state index contributed by atoms with van der Waals surface area (Å²) in [5.41, 5.74) is 4.43. The third kappa shape index (κ3) is 5.56. The number of hydrogen-bond acceptors (Lipinski definition) is 9. The van der Waals surface area contributed by atoms with Gasteiger partial charge in [-0.3, -0.25) is 35.1 Å². The predicted molar refractivity (Wildman–Crippen MR) is 193 cm³/mol. The van der Waals surface area contributed by atoms with Gasteiger partial charge in [0.25, 0.3) is 17.1 Å². The molecule has 0 saturated heterocycles. The number of aromatic nitrogens is 2. The molecule has 7 rings (SSSR count). The molecular formula is C38H27N5O8. The van der Waals surface area contributed by atoms with Crippen LogP contribution in [0.15, 0.2) is 97.1 Å². The lowest BCUT2D eigenvalue weighted by molar-refractivity contribution is -0.394. The van der Waals surface area contributed by atoms with E-state index in [1.807, 2.05) is 56.3 Å². The summed E-state index contributed by atoms with van der Waals surface area (Å²) >= 11 is 0. The number of nitro benzene ring substituents is 3. The molecule has 0 amide bonds. The number of aryl methyl sites for hydroxylation is 2. The molecule has 2 heterocycles. The minimum absolute atomic E-state index is 0.0707. The third-order valence-electron chi connectivity index (χ3n) is 8.91. The molecule has 5 aromatic carbocycles. The van der Waals surface area contributed by atoms with E-state index in [4.69, 9.17) is 9.72 Å².